The molecule has 1 atom stereocenters. The maximum absolute atomic E-state index is 12.0. The second-order valence-corrected chi connectivity index (χ2v) is 4.69. The van der Waals surface area contributed by atoms with E-state index in [0.717, 1.165) is 0 Å². The van der Waals surface area contributed by atoms with E-state index in [9.17, 15) is 22.8 Å². The molecule has 0 aromatic rings. The lowest BCUT2D eigenvalue weighted by molar-refractivity contribution is -0.175. The van der Waals surface area contributed by atoms with Crippen LogP contribution in [-0.4, -0.2) is 41.4 Å². The maximum atomic E-state index is 12.0. The van der Waals surface area contributed by atoms with Crippen LogP contribution in [-0.2, 0) is 14.3 Å². The van der Waals surface area contributed by atoms with Gasteiger partial charge in [0.25, 0.3) is 0 Å². The topological polar surface area (TPSA) is 75.6 Å². The molecule has 0 saturated carbocycles. The van der Waals surface area contributed by atoms with Crippen LogP contribution < -0.4 is 5.32 Å². The number of ether oxygens (including phenoxy) is 1. The highest BCUT2D eigenvalue weighted by Crippen LogP contribution is 2.15. The van der Waals surface area contributed by atoms with E-state index in [-0.39, 0.29) is 6.61 Å². The van der Waals surface area contributed by atoms with Crippen LogP contribution in [0.5, 0.6) is 0 Å². The minimum Gasteiger partial charge on any atom is -0.481 e. The van der Waals surface area contributed by atoms with Crippen molar-refractivity contribution in [3.05, 3.63) is 0 Å². The fraction of sp³-hybridized carbons (Fsp3) is 0.800. The number of carboxylic acids is 1. The monoisotopic (exact) mass is 271 g/mol. The Hall–Kier alpha value is -1.31. The van der Waals surface area contributed by atoms with Crippen molar-refractivity contribution in [2.45, 2.75) is 45.0 Å². The molecule has 5 nitrogen and oxygen atoms in total. The molecule has 106 valence electrons. The van der Waals surface area contributed by atoms with Crippen molar-refractivity contribution in [1.29, 1.82) is 0 Å². The number of hydrogen-bond donors (Lipinski definition) is 2. The van der Waals surface area contributed by atoms with E-state index in [4.69, 9.17) is 9.84 Å². The molecule has 0 fully saturated rings. The Morgan fingerprint density at radius 1 is 1.28 bits per heavy atom. The fourth-order valence-corrected chi connectivity index (χ4v) is 0.980. The molecule has 1 amide bonds. The van der Waals surface area contributed by atoms with Gasteiger partial charge in [-0.05, 0) is 20.8 Å². The van der Waals surface area contributed by atoms with E-state index < -0.39 is 36.1 Å². The Balaban J connectivity index is 4.50. The zero-order chi connectivity index (χ0) is 14.6. The summed E-state index contributed by atoms with van der Waals surface area (Å²) in [6, 6.07) is -1.23. The summed E-state index contributed by atoms with van der Waals surface area (Å²) in [5.41, 5.74) is -0.639. The number of carbonyl (C=O) groups excluding carboxylic acids is 1. The van der Waals surface area contributed by atoms with Gasteiger partial charge in [0.2, 0.25) is 0 Å². The number of carboxylic acid groups (broad SMARTS) is 1. The van der Waals surface area contributed by atoms with Gasteiger partial charge in [0.1, 0.15) is 0 Å². The summed E-state index contributed by atoms with van der Waals surface area (Å²) < 4.78 is 41.2. The number of halogens is 3. The zero-order valence-electron chi connectivity index (χ0n) is 10.3. The Morgan fingerprint density at radius 2 is 1.78 bits per heavy atom. The third-order valence-electron chi connectivity index (χ3n) is 1.73. The lowest BCUT2D eigenvalue weighted by Gasteiger charge is -2.24. The van der Waals surface area contributed by atoms with Gasteiger partial charge in [0.15, 0.2) is 0 Å². The zero-order valence-corrected chi connectivity index (χ0v) is 10.3. The molecule has 2 N–H and O–H groups in total. The molecule has 0 bridgehead atoms. The molecule has 0 aliphatic heterocycles. The molecule has 0 aromatic heterocycles. The number of rotatable bonds is 5. The molecule has 0 spiro atoms. The lowest BCUT2D eigenvalue weighted by atomic mass is 10.1. The van der Waals surface area contributed by atoms with Crippen molar-refractivity contribution in [2.75, 3.05) is 6.61 Å². The molecule has 0 unspecified atom stereocenters. The number of amides is 1. The quantitative estimate of drug-likeness (QED) is 0.790. The van der Waals surface area contributed by atoms with Crippen molar-refractivity contribution in [3.8, 4) is 0 Å². The van der Waals surface area contributed by atoms with Crippen LogP contribution in [0.2, 0.25) is 0 Å². The van der Waals surface area contributed by atoms with Gasteiger partial charge in [0.05, 0.1) is 24.7 Å². The fourth-order valence-electron chi connectivity index (χ4n) is 0.980. The molecule has 0 radical (unpaired) electrons. The van der Waals surface area contributed by atoms with Crippen LogP contribution >= 0.6 is 0 Å². The number of alkyl halides is 3. The highest BCUT2D eigenvalue weighted by molar-refractivity contribution is 5.82. The highest BCUT2D eigenvalue weighted by atomic mass is 19.4. The van der Waals surface area contributed by atoms with Gasteiger partial charge < -0.3 is 15.2 Å². The summed E-state index contributed by atoms with van der Waals surface area (Å²) in [4.78, 5) is 21.2. The average molecular weight is 271 g/mol. The van der Waals surface area contributed by atoms with Crippen LogP contribution in [0, 0.1) is 0 Å². The molecule has 0 saturated heterocycles. The summed E-state index contributed by atoms with van der Waals surface area (Å²) in [7, 11) is 0. The molecule has 18 heavy (non-hydrogen) atoms. The Morgan fingerprint density at radius 3 is 2.11 bits per heavy atom. The third kappa shape index (κ3) is 7.88. The molecule has 8 heteroatoms. The van der Waals surface area contributed by atoms with Gasteiger partial charge in [-0.3, -0.25) is 9.59 Å². The van der Waals surface area contributed by atoms with Crippen molar-refractivity contribution < 1.29 is 32.6 Å². The summed E-state index contributed by atoms with van der Waals surface area (Å²) in [5, 5.41) is 10.1. The van der Waals surface area contributed by atoms with Crippen molar-refractivity contribution in [3.63, 3.8) is 0 Å². The first-order valence-electron chi connectivity index (χ1n) is 5.15. The predicted octanol–water partition coefficient (Wildman–Crippen LogP) is 1.32. The molecule has 0 aliphatic rings. The first kappa shape index (κ1) is 16.7. The number of carbonyl (C=O) groups is 2. The molecule has 0 aliphatic carbocycles. The van der Waals surface area contributed by atoms with E-state index in [1.165, 1.54) is 0 Å². The van der Waals surface area contributed by atoms with E-state index in [2.05, 4.69) is 0 Å². The number of nitrogens with one attached hydrogen (secondary N) is 1. The molecular weight excluding hydrogens is 255 g/mol. The molecule has 0 rings (SSSR count). The average Bonchev–Trinajstić information content (AvgIpc) is 2.10. The van der Waals surface area contributed by atoms with E-state index in [0.29, 0.717) is 0 Å². The van der Waals surface area contributed by atoms with Crippen LogP contribution in [0.4, 0.5) is 13.2 Å². The number of aliphatic carboxylic acids is 1. The normalized spacial score (nSPS) is 14.1. The van der Waals surface area contributed by atoms with Crippen molar-refractivity contribution >= 4 is 11.9 Å². The van der Waals surface area contributed by atoms with Gasteiger partial charge in [-0.25, -0.2) is 0 Å². The Labute approximate surface area is 102 Å². The third-order valence-corrected chi connectivity index (χ3v) is 1.73. The van der Waals surface area contributed by atoms with Crippen molar-refractivity contribution in [1.82, 2.24) is 5.32 Å². The smallest absolute Gasteiger partial charge is 0.471 e. The second-order valence-electron chi connectivity index (χ2n) is 4.69. The summed E-state index contributed by atoms with van der Waals surface area (Å²) in [5.74, 6) is -3.49. The standard InChI is InChI=1S/C10H16F3NO4/c1-9(2,3)18-5-6(4-7(15)16)14-8(17)10(11,12)13/h6H,4-5H2,1-3H3,(H,14,17)(H,15,16)/t6-/m0/s1. The number of hydrogen-bond acceptors (Lipinski definition) is 3. The van der Waals surface area contributed by atoms with E-state index in [1.54, 1.807) is 26.1 Å². The van der Waals surface area contributed by atoms with Gasteiger partial charge in [-0.15, -0.1) is 0 Å². The minimum absolute atomic E-state index is 0.308. The van der Waals surface area contributed by atoms with Gasteiger partial charge in [0, 0.05) is 0 Å². The largest absolute Gasteiger partial charge is 0.481 e. The maximum Gasteiger partial charge on any atom is 0.471 e. The Kier molecular flexibility index (Phi) is 5.59. The predicted molar refractivity (Wildman–Crippen MR) is 55.9 cm³/mol. The summed E-state index contributed by atoms with van der Waals surface area (Å²) in [6.07, 6.45) is -5.68. The minimum atomic E-state index is -5.04. The molecule has 0 heterocycles. The first-order valence-corrected chi connectivity index (χ1v) is 5.15. The van der Waals surface area contributed by atoms with Crippen molar-refractivity contribution in [2.24, 2.45) is 0 Å². The summed E-state index contributed by atoms with van der Waals surface area (Å²) in [6.45, 7) is 4.68. The highest BCUT2D eigenvalue weighted by Gasteiger charge is 2.40. The van der Waals surface area contributed by atoms with Crippen LogP contribution in [0.25, 0.3) is 0 Å². The van der Waals surface area contributed by atoms with Crippen LogP contribution in [0.3, 0.4) is 0 Å². The van der Waals surface area contributed by atoms with Crippen LogP contribution in [0.15, 0.2) is 0 Å². The SMILES string of the molecule is CC(C)(C)OC[C@H](CC(=O)O)NC(=O)C(F)(F)F. The van der Waals surface area contributed by atoms with Gasteiger partial charge >= 0.3 is 18.1 Å². The van der Waals surface area contributed by atoms with Gasteiger partial charge in [-0.2, -0.15) is 13.2 Å². The Bertz CT molecular complexity index is 309. The van der Waals surface area contributed by atoms with E-state index >= 15 is 0 Å². The molecular formula is C10H16F3NO4. The first-order chi connectivity index (χ1) is 7.92. The second kappa shape index (κ2) is 6.03. The molecule has 0 aromatic carbocycles. The van der Waals surface area contributed by atoms with E-state index in [1.807, 2.05) is 0 Å². The van der Waals surface area contributed by atoms with Crippen LogP contribution in [0.1, 0.15) is 27.2 Å². The summed E-state index contributed by atoms with van der Waals surface area (Å²) >= 11 is 0. The lowest BCUT2D eigenvalue weighted by Crippen LogP contribution is -2.47. The van der Waals surface area contributed by atoms with Gasteiger partial charge in [-0.1, -0.05) is 0 Å².